The van der Waals surface area contributed by atoms with Crippen LogP contribution in [-0.2, 0) is 44.7 Å². The van der Waals surface area contributed by atoms with Crippen LogP contribution in [-0.4, -0.2) is 38.2 Å². The van der Waals surface area contributed by atoms with Gasteiger partial charge in [0.2, 0.25) is 0 Å². The maximum Gasteiger partial charge on any atom is 0.328 e. The van der Waals surface area contributed by atoms with E-state index in [2.05, 4.69) is 21.4 Å². The van der Waals surface area contributed by atoms with Crippen LogP contribution in [0.2, 0.25) is 0 Å². The fourth-order valence-electron chi connectivity index (χ4n) is 4.03. The van der Waals surface area contributed by atoms with E-state index in [-0.39, 0.29) is 12.8 Å². The third-order valence-electron chi connectivity index (χ3n) is 5.37. The molecule has 2 amide bonds. The Labute approximate surface area is 158 Å². The number of benzene rings is 1. The average molecular weight is 374 g/mol. The summed E-state index contributed by atoms with van der Waals surface area (Å²) in [6.45, 7) is 0. The van der Waals surface area contributed by atoms with Crippen LogP contribution in [0.1, 0.15) is 47.9 Å². The number of aryl methyl sites for hydroxylation is 2. The molecule has 0 spiro atoms. The molecule has 0 saturated carbocycles. The second-order valence-electron chi connectivity index (χ2n) is 7.02. The second-order valence-corrected chi connectivity index (χ2v) is 7.02. The molecule has 0 fully saturated rings. The quantitative estimate of drug-likeness (QED) is 0.745. The van der Waals surface area contributed by atoms with E-state index < -0.39 is 24.0 Å². The van der Waals surface area contributed by atoms with Gasteiger partial charge in [-0.25, -0.2) is 9.59 Å². The number of nitrogens with one attached hydrogen (secondary N) is 2. The third-order valence-corrected chi connectivity index (χ3v) is 5.37. The van der Waals surface area contributed by atoms with Crippen LogP contribution in [0.15, 0.2) is 6.07 Å². The number of hydrogen-bond acceptors (Lipinski definition) is 5. The van der Waals surface area contributed by atoms with E-state index in [4.69, 9.17) is 4.74 Å². The Kier molecular flexibility index (Phi) is 5.98. The van der Waals surface area contributed by atoms with Crippen molar-refractivity contribution in [3.63, 3.8) is 0 Å². The molecule has 0 radical (unpaired) electrons. The molecule has 1 atom stereocenters. The molecule has 27 heavy (non-hydrogen) atoms. The zero-order valence-corrected chi connectivity index (χ0v) is 15.9. The van der Waals surface area contributed by atoms with Crippen molar-refractivity contribution in [1.82, 2.24) is 5.32 Å². The highest BCUT2D eigenvalue weighted by molar-refractivity contribution is 5.94. The second kappa shape index (κ2) is 8.41. The predicted molar refractivity (Wildman–Crippen MR) is 99.7 cm³/mol. The summed E-state index contributed by atoms with van der Waals surface area (Å²) in [5.41, 5.74) is 5.99. The third kappa shape index (κ3) is 4.23. The number of carbonyl (C=O) groups excluding carboxylic acids is 3. The van der Waals surface area contributed by atoms with E-state index in [1.807, 2.05) is 0 Å². The molecule has 7 heteroatoms. The average Bonchev–Trinajstić information content (AvgIpc) is 3.32. The van der Waals surface area contributed by atoms with Gasteiger partial charge in [0.15, 0.2) is 0 Å². The van der Waals surface area contributed by atoms with E-state index in [0.717, 1.165) is 44.2 Å². The maximum atomic E-state index is 12.6. The summed E-state index contributed by atoms with van der Waals surface area (Å²) in [6.07, 6.45) is 6.34. The first-order valence-electron chi connectivity index (χ1n) is 9.42. The normalized spacial score (nSPS) is 15.5. The molecule has 0 saturated heterocycles. The molecule has 1 aromatic carbocycles. The Hall–Kier alpha value is -2.57. The van der Waals surface area contributed by atoms with Crippen LogP contribution in [0.4, 0.5) is 10.5 Å². The first kappa shape index (κ1) is 19.2. The van der Waals surface area contributed by atoms with Gasteiger partial charge >= 0.3 is 18.0 Å². The minimum Gasteiger partial charge on any atom is -0.469 e. The smallest absolute Gasteiger partial charge is 0.328 e. The molecule has 0 bridgehead atoms. The van der Waals surface area contributed by atoms with E-state index in [1.165, 1.54) is 36.5 Å². The van der Waals surface area contributed by atoms with Gasteiger partial charge < -0.3 is 20.1 Å². The zero-order valence-electron chi connectivity index (χ0n) is 15.9. The van der Waals surface area contributed by atoms with Crippen LogP contribution in [0.25, 0.3) is 0 Å². The summed E-state index contributed by atoms with van der Waals surface area (Å²) in [5, 5.41) is 5.63. The summed E-state index contributed by atoms with van der Waals surface area (Å²) in [5.74, 6) is -1.03. The van der Waals surface area contributed by atoms with Crippen LogP contribution in [0.3, 0.4) is 0 Å². The summed E-state index contributed by atoms with van der Waals surface area (Å²) in [6, 6.07) is 0.935. The maximum absolute atomic E-state index is 12.6. The number of ether oxygens (including phenoxy) is 2. The molecule has 2 aliphatic rings. The Balaban J connectivity index is 1.73. The molecular formula is C20H26N2O5. The van der Waals surface area contributed by atoms with Gasteiger partial charge in [0.25, 0.3) is 0 Å². The van der Waals surface area contributed by atoms with Gasteiger partial charge in [-0.05, 0) is 67.2 Å². The Bertz CT molecular complexity index is 727. The molecule has 2 N–H and O–H groups in total. The predicted octanol–water partition coefficient (Wildman–Crippen LogP) is 2.28. The minimum atomic E-state index is -0.904. The van der Waals surface area contributed by atoms with Crippen molar-refractivity contribution in [2.75, 3.05) is 19.5 Å². The lowest BCUT2D eigenvalue weighted by molar-refractivity contribution is -0.144. The SMILES string of the molecule is COC(=O)CC[C@@H](NC(=O)Nc1c2c(cc3c1CCC3)CCC2)C(=O)OC. The number of esters is 2. The van der Waals surface area contributed by atoms with Gasteiger partial charge in [-0.3, -0.25) is 4.79 Å². The topological polar surface area (TPSA) is 93.7 Å². The van der Waals surface area contributed by atoms with Crippen molar-refractivity contribution < 1.29 is 23.9 Å². The zero-order chi connectivity index (χ0) is 19.4. The van der Waals surface area contributed by atoms with E-state index >= 15 is 0 Å². The molecule has 1 aromatic rings. The van der Waals surface area contributed by atoms with Gasteiger partial charge in [0.1, 0.15) is 6.04 Å². The summed E-state index contributed by atoms with van der Waals surface area (Å²) in [7, 11) is 2.54. The molecule has 7 nitrogen and oxygen atoms in total. The van der Waals surface area contributed by atoms with Gasteiger partial charge in [0.05, 0.1) is 14.2 Å². The largest absolute Gasteiger partial charge is 0.469 e. The van der Waals surface area contributed by atoms with Gasteiger partial charge in [-0.1, -0.05) is 6.07 Å². The molecule has 0 aromatic heterocycles. The molecule has 3 rings (SSSR count). The highest BCUT2D eigenvalue weighted by Crippen LogP contribution is 2.38. The van der Waals surface area contributed by atoms with E-state index in [0.29, 0.717) is 0 Å². The van der Waals surface area contributed by atoms with Gasteiger partial charge in [-0.2, -0.15) is 0 Å². The molecule has 146 valence electrons. The highest BCUT2D eigenvalue weighted by atomic mass is 16.5. The van der Waals surface area contributed by atoms with Gasteiger partial charge in [-0.15, -0.1) is 0 Å². The standard InChI is InChI=1S/C20H26N2O5/c1-26-17(23)10-9-16(19(24)27-2)21-20(25)22-18-14-7-3-5-12(14)11-13-6-4-8-15(13)18/h11,16H,3-10H2,1-2H3,(H2,21,22,25)/t16-/m1/s1. The fourth-order valence-corrected chi connectivity index (χ4v) is 4.03. The number of carbonyl (C=O) groups is 3. The summed E-state index contributed by atoms with van der Waals surface area (Å²) < 4.78 is 9.34. The lowest BCUT2D eigenvalue weighted by Gasteiger charge is -2.19. The number of amides is 2. The molecular weight excluding hydrogens is 348 g/mol. The highest BCUT2D eigenvalue weighted by Gasteiger charge is 2.27. The van der Waals surface area contributed by atoms with Crippen LogP contribution in [0, 0.1) is 0 Å². The van der Waals surface area contributed by atoms with Crippen LogP contribution >= 0.6 is 0 Å². The lowest BCUT2D eigenvalue weighted by Crippen LogP contribution is -2.44. The Morgan fingerprint density at radius 1 is 1.00 bits per heavy atom. The number of urea groups is 1. The first-order chi connectivity index (χ1) is 13.0. The molecule has 0 aliphatic heterocycles. The van der Waals surface area contributed by atoms with Crippen molar-refractivity contribution in [3.05, 3.63) is 28.3 Å². The van der Waals surface area contributed by atoms with Crippen molar-refractivity contribution >= 4 is 23.7 Å². The Morgan fingerprint density at radius 2 is 1.63 bits per heavy atom. The number of anilines is 1. The van der Waals surface area contributed by atoms with Crippen LogP contribution < -0.4 is 10.6 Å². The summed E-state index contributed by atoms with van der Waals surface area (Å²) >= 11 is 0. The summed E-state index contributed by atoms with van der Waals surface area (Å²) in [4.78, 5) is 35.9. The van der Waals surface area contributed by atoms with Crippen molar-refractivity contribution in [2.24, 2.45) is 0 Å². The van der Waals surface area contributed by atoms with Crippen molar-refractivity contribution in [3.8, 4) is 0 Å². The van der Waals surface area contributed by atoms with Crippen LogP contribution in [0.5, 0.6) is 0 Å². The number of fused-ring (bicyclic) bond motifs is 2. The van der Waals surface area contributed by atoms with Crippen molar-refractivity contribution in [2.45, 2.75) is 57.4 Å². The van der Waals surface area contributed by atoms with Crippen molar-refractivity contribution in [1.29, 1.82) is 0 Å². The van der Waals surface area contributed by atoms with E-state index in [9.17, 15) is 14.4 Å². The fraction of sp³-hybridized carbons (Fsp3) is 0.550. The molecule has 2 aliphatic carbocycles. The van der Waals surface area contributed by atoms with Gasteiger partial charge in [0, 0.05) is 12.1 Å². The first-order valence-corrected chi connectivity index (χ1v) is 9.42. The monoisotopic (exact) mass is 374 g/mol. The van der Waals surface area contributed by atoms with E-state index in [1.54, 1.807) is 0 Å². The number of rotatable bonds is 6. The number of methoxy groups -OCH3 is 2. The molecule has 0 heterocycles. The minimum absolute atomic E-state index is 0.0205. The number of hydrogen-bond donors (Lipinski definition) is 2. The molecule has 0 unspecified atom stereocenters. The Morgan fingerprint density at radius 3 is 2.19 bits per heavy atom. The lowest BCUT2D eigenvalue weighted by atomic mass is 9.99.